The smallest absolute Gasteiger partial charge is 0.307 e. The van der Waals surface area contributed by atoms with E-state index in [1.54, 1.807) is 30.3 Å². The van der Waals surface area contributed by atoms with Crippen molar-refractivity contribution in [2.45, 2.75) is 32.9 Å². The Labute approximate surface area is 202 Å². The zero-order chi connectivity index (χ0) is 23.5. The number of aromatic nitrogens is 2. The number of hydrogen-bond donors (Lipinski definition) is 1. The van der Waals surface area contributed by atoms with Crippen molar-refractivity contribution in [1.82, 2.24) is 15.0 Å². The first kappa shape index (κ1) is 25.1. The van der Waals surface area contributed by atoms with Gasteiger partial charge in [-0.2, -0.15) is 10.2 Å². The number of nitrogens with zero attached hydrogens (tertiary/aromatic N) is 4. The van der Waals surface area contributed by atoms with Crippen molar-refractivity contribution in [3.05, 3.63) is 53.3 Å². The molecule has 2 aromatic carbocycles. The van der Waals surface area contributed by atoms with Gasteiger partial charge in [0.05, 0.1) is 23.1 Å². The van der Waals surface area contributed by atoms with E-state index in [9.17, 15) is 14.4 Å². The SMILES string of the molecule is CC(C)Oc1ccc(-c2nc(-c3ccc(CN4CCC(C(=O)O)C4)cc3F)no2)cc1C#N.Cl. The molecule has 0 bridgehead atoms. The van der Waals surface area contributed by atoms with E-state index in [4.69, 9.17) is 14.4 Å². The molecule has 3 aromatic rings. The minimum atomic E-state index is -0.795. The van der Waals surface area contributed by atoms with Gasteiger partial charge in [0.25, 0.3) is 5.89 Å². The molecule has 4 rings (SSSR count). The summed E-state index contributed by atoms with van der Waals surface area (Å²) in [5, 5.41) is 22.4. The van der Waals surface area contributed by atoms with Crippen molar-refractivity contribution in [2.75, 3.05) is 13.1 Å². The highest BCUT2D eigenvalue weighted by Gasteiger charge is 2.28. The molecule has 10 heteroatoms. The van der Waals surface area contributed by atoms with Gasteiger partial charge >= 0.3 is 5.97 Å². The maximum Gasteiger partial charge on any atom is 0.307 e. The van der Waals surface area contributed by atoms with E-state index in [1.165, 1.54) is 6.07 Å². The van der Waals surface area contributed by atoms with Crippen molar-refractivity contribution in [3.8, 4) is 34.7 Å². The van der Waals surface area contributed by atoms with Crippen LogP contribution in [0.25, 0.3) is 22.8 Å². The quantitative estimate of drug-likeness (QED) is 0.518. The molecule has 178 valence electrons. The Morgan fingerprint density at radius 3 is 2.79 bits per heavy atom. The number of benzene rings is 2. The largest absolute Gasteiger partial charge is 0.490 e. The van der Waals surface area contributed by atoms with Crippen LogP contribution in [-0.4, -0.2) is 45.3 Å². The van der Waals surface area contributed by atoms with Crippen molar-refractivity contribution in [2.24, 2.45) is 5.92 Å². The Morgan fingerprint density at radius 2 is 2.15 bits per heavy atom. The van der Waals surface area contributed by atoms with Crippen LogP contribution in [0.4, 0.5) is 4.39 Å². The Balaban J connectivity index is 0.00000324. The topological polar surface area (TPSA) is 112 Å². The van der Waals surface area contributed by atoms with E-state index in [-0.39, 0.29) is 41.7 Å². The number of hydrogen-bond acceptors (Lipinski definition) is 7. The first-order chi connectivity index (χ1) is 15.8. The van der Waals surface area contributed by atoms with Gasteiger partial charge in [-0.05, 0) is 62.7 Å². The standard InChI is InChI=1S/C24H23FN4O4.ClH/c1-14(2)32-21-6-4-16(10-18(21)11-26)23-27-22(28-33-23)19-5-3-15(9-20(19)25)12-29-8-7-17(13-29)24(30)31;/h3-6,9-10,14,17H,7-8,12-13H2,1-2H3,(H,30,31);1H. The fourth-order valence-corrected chi connectivity index (χ4v) is 3.83. The van der Waals surface area contributed by atoms with Crippen LogP contribution < -0.4 is 4.74 Å². The number of ether oxygens (including phenoxy) is 1. The molecule has 1 aromatic heterocycles. The molecule has 1 aliphatic rings. The van der Waals surface area contributed by atoms with Gasteiger partial charge in [0.1, 0.15) is 17.6 Å². The molecule has 0 spiro atoms. The van der Waals surface area contributed by atoms with Crippen LogP contribution in [0.15, 0.2) is 40.9 Å². The fourth-order valence-electron chi connectivity index (χ4n) is 3.83. The number of aliphatic carboxylic acids is 1. The van der Waals surface area contributed by atoms with E-state index < -0.39 is 11.8 Å². The number of carbonyl (C=O) groups is 1. The molecular formula is C24H24ClFN4O4. The Morgan fingerprint density at radius 1 is 1.35 bits per heavy atom. The maximum absolute atomic E-state index is 14.8. The van der Waals surface area contributed by atoms with E-state index in [1.807, 2.05) is 18.7 Å². The van der Waals surface area contributed by atoms with E-state index in [0.717, 1.165) is 5.56 Å². The number of rotatable bonds is 7. The highest BCUT2D eigenvalue weighted by molar-refractivity contribution is 5.85. The second-order valence-corrected chi connectivity index (χ2v) is 8.29. The van der Waals surface area contributed by atoms with E-state index in [0.29, 0.717) is 42.9 Å². The predicted molar refractivity (Wildman–Crippen MR) is 124 cm³/mol. The molecule has 0 aliphatic carbocycles. The molecule has 2 heterocycles. The summed E-state index contributed by atoms with van der Waals surface area (Å²) in [5.74, 6) is -0.937. The third-order valence-electron chi connectivity index (χ3n) is 5.44. The second kappa shape index (κ2) is 10.6. The number of likely N-dealkylation sites (tertiary alicyclic amines) is 1. The third-order valence-corrected chi connectivity index (χ3v) is 5.44. The Hall–Kier alpha value is -3.48. The molecule has 1 N–H and O–H groups in total. The van der Waals surface area contributed by atoms with E-state index in [2.05, 4.69) is 16.2 Å². The van der Waals surface area contributed by atoms with Crippen LogP contribution in [0.3, 0.4) is 0 Å². The summed E-state index contributed by atoms with van der Waals surface area (Å²) >= 11 is 0. The monoisotopic (exact) mass is 486 g/mol. The van der Waals surface area contributed by atoms with E-state index >= 15 is 0 Å². The number of halogens is 2. The summed E-state index contributed by atoms with van der Waals surface area (Å²) in [6.45, 7) is 5.34. The summed E-state index contributed by atoms with van der Waals surface area (Å²) in [7, 11) is 0. The lowest BCUT2D eigenvalue weighted by Crippen LogP contribution is -2.22. The molecule has 1 atom stereocenters. The van der Waals surface area contributed by atoms with Gasteiger partial charge in [0, 0.05) is 18.7 Å². The van der Waals surface area contributed by atoms with Crippen molar-refractivity contribution >= 4 is 18.4 Å². The summed E-state index contributed by atoms with van der Waals surface area (Å²) < 4.78 is 25.8. The minimum absolute atomic E-state index is 0. The average Bonchev–Trinajstić information content (AvgIpc) is 3.44. The van der Waals surface area contributed by atoms with Gasteiger partial charge in [-0.1, -0.05) is 11.2 Å². The molecule has 1 unspecified atom stereocenters. The fraction of sp³-hybridized carbons (Fsp3) is 0.333. The molecule has 0 saturated carbocycles. The summed E-state index contributed by atoms with van der Waals surface area (Å²) in [5.41, 5.74) is 1.80. The zero-order valence-corrected chi connectivity index (χ0v) is 19.5. The van der Waals surface area contributed by atoms with Crippen molar-refractivity contribution < 1.29 is 23.6 Å². The summed E-state index contributed by atoms with van der Waals surface area (Å²) in [4.78, 5) is 17.4. The first-order valence-electron chi connectivity index (χ1n) is 10.6. The predicted octanol–water partition coefficient (Wildman–Crippen LogP) is 4.53. The Bertz CT molecular complexity index is 1220. The third kappa shape index (κ3) is 5.53. The summed E-state index contributed by atoms with van der Waals surface area (Å²) in [6, 6.07) is 11.8. The molecule has 8 nitrogen and oxygen atoms in total. The van der Waals surface area contributed by atoms with Crippen LogP contribution >= 0.6 is 12.4 Å². The van der Waals surface area contributed by atoms with Gasteiger partial charge in [0.15, 0.2) is 0 Å². The van der Waals surface area contributed by atoms with Crippen LogP contribution in [0.2, 0.25) is 0 Å². The van der Waals surface area contributed by atoms with Crippen LogP contribution in [-0.2, 0) is 11.3 Å². The van der Waals surface area contributed by atoms with Gasteiger partial charge < -0.3 is 14.4 Å². The summed E-state index contributed by atoms with van der Waals surface area (Å²) in [6.07, 6.45) is 0.521. The van der Waals surface area contributed by atoms with Crippen molar-refractivity contribution in [3.63, 3.8) is 0 Å². The van der Waals surface area contributed by atoms with Gasteiger partial charge in [-0.15, -0.1) is 12.4 Å². The van der Waals surface area contributed by atoms with Gasteiger partial charge in [-0.25, -0.2) is 4.39 Å². The lowest BCUT2D eigenvalue weighted by molar-refractivity contribution is -0.141. The van der Waals surface area contributed by atoms with Crippen LogP contribution in [0.1, 0.15) is 31.4 Å². The molecule has 0 amide bonds. The highest BCUT2D eigenvalue weighted by Crippen LogP contribution is 2.29. The molecule has 1 saturated heterocycles. The second-order valence-electron chi connectivity index (χ2n) is 8.29. The molecule has 1 fully saturated rings. The number of nitriles is 1. The van der Waals surface area contributed by atoms with Crippen LogP contribution in [0.5, 0.6) is 5.75 Å². The minimum Gasteiger partial charge on any atom is -0.490 e. The van der Waals surface area contributed by atoms with Crippen LogP contribution in [0, 0.1) is 23.1 Å². The Kier molecular flexibility index (Phi) is 7.87. The number of carboxylic acid groups (broad SMARTS) is 1. The lowest BCUT2D eigenvalue weighted by atomic mass is 10.1. The normalized spacial score (nSPS) is 15.7. The molecule has 1 aliphatic heterocycles. The highest BCUT2D eigenvalue weighted by atomic mass is 35.5. The molecule has 0 radical (unpaired) electrons. The molecular weight excluding hydrogens is 463 g/mol. The lowest BCUT2D eigenvalue weighted by Gasteiger charge is -2.15. The van der Waals surface area contributed by atoms with Gasteiger partial charge in [0.2, 0.25) is 5.82 Å². The molecule has 34 heavy (non-hydrogen) atoms. The zero-order valence-electron chi connectivity index (χ0n) is 18.7. The maximum atomic E-state index is 14.8. The number of carboxylic acids is 1. The first-order valence-corrected chi connectivity index (χ1v) is 10.6. The van der Waals surface area contributed by atoms with Crippen molar-refractivity contribution in [1.29, 1.82) is 5.26 Å². The average molecular weight is 487 g/mol. The van der Waals surface area contributed by atoms with Gasteiger partial charge in [-0.3, -0.25) is 9.69 Å².